The molecule has 0 aliphatic heterocycles. The summed E-state index contributed by atoms with van der Waals surface area (Å²) in [5.41, 5.74) is 7.87. The van der Waals surface area contributed by atoms with Gasteiger partial charge in [0.1, 0.15) is 18.2 Å². The molecule has 0 amide bonds. The van der Waals surface area contributed by atoms with E-state index in [4.69, 9.17) is 9.90 Å². The summed E-state index contributed by atoms with van der Waals surface area (Å²) in [6, 6.07) is 31.3. The highest BCUT2D eigenvalue weighted by atomic mass is 16.3. The molecule has 6 aromatic rings. The maximum atomic E-state index is 10.2. The van der Waals surface area contributed by atoms with Crippen molar-refractivity contribution >= 4 is 21.9 Å². The quantitative estimate of drug-likeness (QED) is 0.204. The van der Waals surface area contributed by atoms with Crippen LogP contribution >= 0.6 is 0 Å². The van der Waals surface area contributed by atoms with Gasteiger partial charge in [0, 0.05) is 35.3 Å². The molecule has 0 spiro atoms. The SMILES string of the molecule is [2H]C([2H])([2H])c1cc[n+](C)c(-c2c(C)ccc3c2oc2c(-c4ccc(C5([2H])CCC([2H])(c6ccccc6)CC5)cc4)c(C#N)ccc23)c1. The number of rotatable bonds is 4. The average Bonchev–Trinajstić information content (AvgIpc) is 3.45. The first-order valence-corrected chi connectivity index (χ1v) is 14.5. The molecule has 0 atom stereocenters. The Morgan fingerprint density at radius 3 is 2.12 bits per heavy atom. The second-order valence-electron chi connectivity index (χ2n) is 11.3. The van der Waals surface area contributed by atoms with Crippen molar-refractivity contribution in [2.75, 3.05) is 0 Å². The zero-order chi connectivity index (χ0) is 33.1. The highest BCUT2D eigenvalue weighted by molar-refractivity contribution is 6.14. The van der Waals surface area contributed by atoms with E-state index in [1.807, 2.05) is 97.4 Å². The maximum Gasteiger partial charge on any atom is 0.216 e. The van der Waals surface area contributed by atoms with Crippen molar-refractivity contribution in [3.05, 3.63) is 125 Å². The first-order valence-electron chi connectivity index (χ1n) is 17.0. The topological polar surface area (TPSA) is 40.8 Å². The molecule has 3 heteroatoms. The fraction of sp³-hybridized carbons (Fsp3) is 0.231. The van der Waals surface area contributed by atoms with Gasteiger partial charge in [0.15, 0.2) is 6.20 Å². The minimum Gasteiger partial charge on any atom is -0.454 e. The number of pyridine rings is 1. The summed E-state index contributed by atoms with van der Waals surface area (Å²) in [4.78, 5) is 0. The highest BCUT2D eigenvalue weighted by Gasteiger charge is 2.25. The van der Waals surface area contributed by atoms with E-state index in [-0.39, 0.29) is 5.56 Å². The number of furan rings is 1. The minimum absolute atomic E-state index is 0.254. The van der Waals surface area contributed by atoms with E-state index in [9.17, 15) is 6.63 Å². The molecule has 0 unspecified atom stereocenters. The molecule has 1 fully saturated rings. The Hall–Kier alpha value is -4.68. The molecule has 0 N–H and O–H groups in total. The van der Waals surface area contributed by atoms with Gasteiger partial charge in [-0.1, -0.05) is 66.7 Å². The summed E-state index contributed by atoms with van der Waals surface area (Å²) >= 11 is 0. The smallest absolute Gasteiger partial charge is 0.216 e. The lowest BCUT2D eigenvalue weighted by Gasteiger charge is -2.29. The molecule has 206 valence electrons. The van der Waals surface area contributed by atoms with E-state index >= 15 is 0 Å². The van der Waals surface area contributed by atoms with Crippen molar-refractivity contribution in [1.29, 1.82) is 5.26 Å². The zero-order valence-electron chi connectivity index (χ0n) is 28.9. The van der Waals surface area contributed by atoms with Gasteiger partial charge in [-0.25, -0.2) is 4.57 Å². The molecule has 2 heterocycles. The third-order valence-electron chi connectivity index (χ3n) is 8.77. The van der Waals surface area contributed by atoms with Gasteiger partial charge in [-0.3, -0.25) is 0 Å². The Balaban J connectivity index is 1.30. The molecular formula is C39H35N2O+. The van der Waals surface area contributed by atoms with Crippen molar-refractivity contribution in [2.24, 2.45) is 7.05 Å². The molecule has 42 heavy (non-hydrogen) atoms. The summed E-state index contributed by atoms with van der Waals surface area (Å²) in [6.45, 7) is -0.266. The van der Waals surface area contributed by atoms with Crippen LogP contribution in [0.3, 0.4) is 0 Å². The normalized spacial score (nSPS) is 22.5. The van der Waals surface area contributed by atoms with Crippen LogP contribution in [0, 0.1) is 25.1 Å². The maximum absolute atomic E-state index is 10.2. The lowest BCUT2D eigenvalue weighted by molar-refractivity contribution is -0.660. The minimum atomic E-state index is -2.25. The van der Waals surface area contributed by atoms with Crippen LogP contribution in [-0.2, 0) is 7.05 Å². The van der Waals surface area contributed by atoms with Crippen LogP contribution < -0.4 is 4.57 Å². The van der Waals surface area contributed by atoms with Crippen molar-refractivity contribution in [3.63, 3.8) is 0 Å². The van der Waals surface area contributed by atoms with Crippen LogP contribution in [-0.4, -0.2) is 0 Å². The Morgan fingerprint density at radius 2 is 1.45 bits per heavy atom. The van der Waals surface area contributed by atoms with Crippen LogP contribution in [0.5, 0.6) is 0 Å². The monoisotopic (exact) mass is 552 g/mol. The molecule has 0 bridgehead atoms. The molecule has 2 aromatic heterocycles. The van der Waals surface area contributed by atoms with Crippen molar-refractivity contribution in [2.45, 2.75) is 51.2 Å². The Morgan fingerprint density at radius 1 is 0.810 bits per heavy atom. The van der Waals surface area contributed by atoms with Crippen molar-refractivity contribution in [3.8, 4) is 28.5 Å². The first-order chi connectivity index (χ1) is 22.4. The fourth-order valence-corrected chi connectivity index (χ4v) is 6.50. The van der Waals surface area contributed by atoms with Gasteiger partial charge >= 0.3 is 0 Å². The summed E-state index contributed by atoms with van der Waals surface area (Å²) < 4.78 is 51.0. The van der Waals surface area contributed by atoms with E-state index in [2.05, 4.69) is 6.07 Å². The van der Waals surface area contributed by atoms with Crippen LogP contribution in [0.2, 0.25) is 0 Å². The summed E-state index contributed by atoms with van der Waals surface area (Å²) in [7, 11) is 1.89. The van der Waals surface area contributed by atoms with E-state index in [0.29, 0.717) is 48.0 Å². The number of fused-ring (bicyclic) bond motifs is 3. The van der Waals surface area contributed by atoms with Crippen molar-refractivity contribution in [1.82, 2.24) is 0 Å². The van der Waals surface area contributed by atoms with Crippen LogP contribution in [0.1, 0.15) is 72.1 Å². The first kappa shape index (κ1) is 21.1. The number of nitrogens with zero attached hydrogens (tertiary/aromatic N) is 2. The Bertz CT molecular complexity index is 2190. The third kappa shape index (κ3) is 4.48. The van der Waals surface area contributed by atoms with Crippen LogP contribution in [0.25, 0.3) is 44.3 Å². The number of benzene rings is 4. The second-order valence-corrected chi connectivity index (χ2v) is 11.3. The lowest BCUT2D eigenvalue weighted by atomic mass is 9.76. The zero-order valence-corrected chi connectivity index (χ0v) is 23.9. The molecule has 1 aliphatic rings. The molecule has 0 radical (unpaired) electrons. The second kappa shape index (κ2) is 10.6. The van der Waals surface area contributed by atoms with E-state index in [1.165, 1.54) is 0 Å². The number of hydrogen-bond donors (Lipinski definition) is 0. The molecule has 4 aromatic carbocycles. The highest BCUT2D eigenvalue weighted by Crippen LogP contribution is 2.44. The predicted octanol–water partition coefficient (Wildman–Crippen LogP) is 9.67. The molecule has 1 aliphatic carbocycles. The fourth-order valence-electron chi connectivity index (χ4n) is 6.50. The summed E-state index contributed by atoms with van der Waals surface area (Å²) in [5.74, 6) is -1.46. The number of nitriles is 1. The van der Waals surface area contributed by atoms with Gasteiger partial charge in [0.25, 0.3) is 0 Å². The predicted molar refractivity (Wildman–Crippen MR) is 170 cm³/mol. The Kier molecular flexibility index (Phi) is 5.33. The van der Waals surface area contributed by atoms with E-state index < -0.39 is 18.6 Å². The lowest BCUT2D eigenvalue weighted by Crippen LogP contribution is -2.30. The van der Waals surface area contributed by atoms with E-state index in [0.717, 1.165) is 44.3 Å². The average molecular weight is 553 g/mol. The number of aromatic nitrogens is 1. The van der Waals surface area contributed by atoms with Crippen LogP contribution in [0.15, 0.2) is 102 Å². The molecule has 7 rings (SSSR count). The summed E-state index contributed by atoms with van der Waals surface area (Å²) in [6.07, 6.45) is 4.18. The van der Waals surface area contributed by atoms with Gasteiger partial charge in [0.2, 0.25) is 5.69 Å². The van der Waals surface area contributed by atoms with E-state index in [1.54, 1.807) is 18.3 Å². The number of aryl methyl sites for hydroxylation is 3. The molecule has 0 saturated heterocycles. The van der Waals surface area contributed by atoms with Gasteiger partial charge < -0.3 is 4.42 Å². The molecule has 1 saturated carbocycles. The van der Waals surface area contributed by atoms with Crippen molar-refractivity contribution < 1.29 is 15.8 Å². The largest absolute Gasteiger partial charge is 0.454 e. The molecular weight excluding hydrogens is 512 g/mol. The van der Waals surface area contributed by atoms with Gasteiger partial charge in [0.05, 0.1) is 17.2 Å². The van der Waals surface area contributed by atoms with Gasteiger partial charge in [-0.15, -0.1) is 0 Å². The Labute approximate surface area is 254 Å². The number of hydrogen-bond acceptors (Lipinski definition) is 2. The van der Waals surface area contributed by atoms with Gasteiger partial charge in [-0.2, -0.15) is 5.26 Å². The third-order valence-corrected chi connectivity index (χ3v) is 8.77. The molecule has 3 nitrogen and oxygen atoms in total. The standard InChI is InChI=1S/C39H35N2O/c1-25-21-22-41(3)35(23-25)36-26(2)9-19-33-34-20-18-32(24-40)37(39(34)42-38(33)36)31-16-14-30(15-17-31)29-12-10-28(11-13-29)27-7-5-4-6-8-27/h4-9,14-23,28-29H,10-13H2,1-3H3/q+1/i1D3,28D,29D. The summed E-state index contributed by atoms with van der Waals surface area (Å²) in [5, 5.41) is 11.9. The van der Waals surface area contributed by atoms with Crippen LogP contribution in [0.4, 0.5) is 0 Å². The van der Waals surface area contributed by atoms with Gasteiger partial charge in [-0.05, 0) is 91.2 Å².